The van der Waals surface area contributed by atoms with Gasteiger partial charge in [-0.15, -0.1) is 0 Å². The number of nitrogens with zero attached hydrogens (tertiary/aromatic N) is 3. The first-order valence-corrected chi connectivity index (χ1v) is 5.58. The fourth-order valence-corrected chi connectivity index (χ4v) is 1.83. The summed E-state index contributed by atoms with van der Waals surface area (Å²) in [5.74, 6) is 1.08. The van der Waals surface area contributed by atoms with E-state index in [1.165, 1.54) is 0 Å². The maximum atomic E-state index is 10.5. The predicted octanol–water partition coefficient (Wildman–Crippen LogP) is 0.0905. The Morgan fingerprint density at radius 2 is 2.29 bits per heavy atom. The van der Waals surface area contributed by atoms with Crippen LogP contribution in [0.3, 0.4) is 0 Å². The van der Waals surface area contributed by atoms with Crippen molar-refractivity contribution < 1.29 is 9.53 Å². The molecule has 1 fully saturated rings. The molecule has 1 N–H and O–H groups in total. The molecule has 1 amide bonds. The number of carbonyl (C=O) groups is 1. The molecule has 1 aliphatic rings. The smallest absolute Gasteiger partial charge is 0.209 e. The van der Waals surface area contributed by atoms with Gasteiger partial charge in [0.25, 0.3) is 0 Å². The van der Waals surface area contributed by atoms with Crippen LogP contribution in [0, 0.1) is 0 Å². The average molecular weight is 236 g/mol. The second-order valence-corrected chi connectivity index (χ2v) is 3.97. The Kier molecular flexibility index (Phi) is 3.87. The van der Waals surface area contributed by atoms with Crippen molar-refractivity contribution >= 4 is 12.2 Å². The van der Waals surface area contributed by atoms with Crippen molar-refractivity contribution in [1.82, 2.24) is 14.9 Å². The first kappa shape index (κ1) is 11.8. The molecule has 0 aliphatic carbocycles. The minimum absolute atomic E-state index is 0.291. The zero-order valence-corrected chi connectivity index (χ0v) is 9.80. The number of likely N-dealkylation sites (tertiary alicyclic amines) is 1. The molecule has 0 atom stereocenters. The fourth-order valence-electron chi connectivity index (χ4n) is 1.83. The monoisotopic (exact) mass is 236 g/mol. The zero-order valence-electron chi connectivity index (χ0n) is 9.80. The standard InChI is InChI=1S/C11H16N4O2/c1-17-5-4-14-11-10(12-2-3-13-11)9-6-15(7-9)8-16/h2-3,8-9H,4-7H2,1H3,(H,13,14). The van der Waals surface area contributed by atoms with Crippen LogP contribution >= 0.6 is 0 Å². The number of anilines is 1. The van der Waals surface area contributed by atoms with Crippen LogP contribution in [0.4, 0.5) is 5.82 Å². The molecule has 1 saturated heterocycles. The van der Waals surface area contributed by atoms with Crippen molar-refractivity contribution in [3.05, 3.63) is 18.1 Å². The summed E-state index contributed by atoms with van der Waals surface area (Å²) in [7, 11) is 1.66. The van der Waals surface area contributed by atoms with Crippen LogP contribution in [0.2, 0.25) is 0 Å². The number of rotatable bonds is 6. The predicted molar refractivity (Wildman–Crippen MR) is 62.8 cm³/mol. The average Bonchev–Trinajstić information content (AvgIpc) is 2.30. The lowest BCUT2D eigenvalue weighted by Gasteiger charge is -2.36. The van der Waals surface area contributed by atoms with Gasteiger partial charge in [-0.3, -0.25) is 9.78 Å². The van der Waals surface area contributed by atoms with Gasteiger partial charge in [-0.1, -0.05) is 0 Å². The van der Waals surface area contributed by atoms with Crippen LogP contribution in [-0.4, -0.2) is 54.6 Å². The zero-order chi connectivity index (χ0) is 12.1. The summed E-state index contributed by atoms with van der Waals surface area (Å²) in [4.78, 5) is 20.8. The van der Waals surface area contributed by atoms with Crippen molar-refractivity contribution in [3.8, 4) is 0 Å². The van der Waals surface area contributed by atoms with Crippen LogP contribution in [0.25, 0.3) is 0 Å². The van der Waals surface area contributed by atoms with E-state index in [2.05, 4.69) is 15.3 Å². The molecular formula is C11H16N4O2. The first-order valence-electron chi connectivity index (χ1n) is 5.58. The molecule has 6 nitrogen and oxygen atoms in total. The number of methoxy groups -OCH3 is 1. The molecule has 2 rings (SSSR count). The Morgan fingerprint density at radius 3 is 3.00 bits per heavy atom. The highest BCUT2D eigenvalue weighted by molar-refractivity contribution is 5.52. The van der Waals surface area contributed by atoms with Gasteiger partial charge >= 0.3 is 0 Å². The van der Waals surface area contributed by atoms with Gasteiger partial charge in [0.15, 0.2) is 0 Å². The summed E-state index contributed by atoms with van der Waals surface area (Å²) in [6.07, 6.45) is 4.21. The largest absolute Gasteiger partial charge is 0.383 e. The molecule has 6 heteroatoms. The van der Waals surface area contributed by atoms with Crippen LogP contribution in [0.1, 0.15) is 11.6 Å². The van der Waals surface area contributed by atoms with E-state index in [1.807, 2.05) is 0 Å². The van der Waals surface area contributed by atoms with E-state index in [0.717, 1.165) is 31.0 Å². The topological polar surface area (TPSA) is 67.3 Å². The van der Waals surface area contributed by atoms with E-state index in [1.54, 1.807) is 24.4 Å². The second-order valence-electron chi connectivity index (χ2n) is 3.97. The molecule has 17 heavy (non-hydrogen) atoms. The van der Waals surface area contributed by atoms with Gasteiger partial charge in [0.05, 0.1) is 12.3 Å². The van der Waals surface area contributed by atoms with Gasteiger partial charge in [0, 0.05) is 45.1 Å². The highest BCUT2D eigenvalue weighted by Gasteiger charge is 2.30. The van der Waals surface area contributed by atoms with Crippen LogP contribution < -0.4 is 5.32 Å². The van der Waals surface area contributed by atoms with Crippen LogP contribution in [-0.2, 0) is 9.53 Å². The molecular weight excluding hydrogens is 220 g/mol. The molecule has 0 radical (unpaired) electrons. The number of ether oxygens (including phenoxy) is 1. The van der Waals surface area contributed by atoms with E-state index in [0.29, 0.717) is 19.1 Å². The van der Waals surface area contributed by atoms with Crippen molar-refractivity contribution in [2.24, 2.45) is 0 Å². The summed E-state index contributed by atoms with van der Waals surface area (Å²) in [5, 5.41) is 3.19. The Balaban J connectivity index is 1.98. The SMILES string of the molecule is COCCNc1nccnc1C1CN(C=O)C1. The number of nitrogens with one attached hydrogen (secondary N) is 1. The second kappa shape index (κ2) is 5.58. The van der Waals surface area contributed by atoms with Gasteiger partial charge in [0.1, 0.15) is 5.82 Å². The lowest BCUT2D eigenvalue weighted by Crippen LogP contribution is -2.44. The normalized spacial score (nSPS) is 15.5. The maximum absolute atomic E-state index is 10.5. The van der Waals surface area contributed by atoms with Crippen molar-refractivity contribution in [2.75, 3.05) is 38.7 Å². The summed E-state index contributed by atoms with van der Waals surface area (Å²) in [6, 6.07) is 0. The number of amides is 1. The Labute approximate surface area is 100 Å². The number of aromatic nitrogens is 2. The summed E-state index contributed by atoms with van der Waals surface area (Å²) in [6.45, 7) is 2.77. The van der Waals surface area contributed by atoms with Gasteiger partial charge < -0.3 is 15.0 Å². The van der Waals surface area contributed by atoms with Crippen molar-refractivity contribution in [3.63, 3.8) is 0 Å². The van der Waals surface area contributed by atoms with Crippen LogP contribution in [0.5, 0.6) is 0 Å². The molecule has 0 unspecified atom stereocenters. The summed E-state index contributed by atoms with van der Waals surface area (Å²) >= 11 is 0. The van der Waals surface area contributed by atoms with E-state index >= 15 is 0 Å². The van der Waals surface area contributed by atoms with Gasteiger partial charge in [-0.05, 0) is 0 Å². The third kappa shape index (κ3) is 2.71. The van der Waals surface area contributed by atoms with E-state index < -0.39 is 0 Å². The first-order chi connectivity index (χ1) is 8.35. The minimum Gasteiger partial charge on any atom is -0.383 e. The molecule has 92 valence electrons. The molecule has 1 aromatic heterocycles. The highest BCUT2D eigenvalue weighted by atomic mass is 16.5. The van der Waals surface area contributed by atoms with Gasteiger partial charge in [-0.25, -0.2) is 4.98 Å². The molecule has 1 aliphatic heterocycles. The third-order valence-corrected chi connectivity index (χ3v) is 2.77. The molecule has 1 aromatic rings. The lowest BCUT2D eigenvalue weighted by atomic mass is 9.96. The Hall–Kier alpha value is -1.69. The minimum atomic E-state index is 0.291. The molecule has 0 saturated carbocycles. The van der Waals surface area contributed by atoms with Gasteiger partial charge in [-0.2, -0.15) is 0 Å². The third-order valence-electron chi connectivity index (χ3n) is 2.77. The molecule has 0 spiro atoms. The fraction of sp³-hybridized carbons (Fsp3) is 0.545. The van der Waals surface area contributed by atoms with Crippen molar-refractivity contribution in [2.45, 2.75) is 5.92 Å². The summed E-state index contributed by atoms with van der Waals surface area (Å²) < 4.78 is 4.97. The van der Waals surface area contributed by atoms with Gasteiger partial charge in [0.2, 0.25) is 6.41 Å². The lowest BCUT2D eigenvalue weighted by molar-refractivity contribution is -0.122. The van der Waals surface area contributed by atoms with E-state index in [9.17, 15) is 4.79 Å². The number of hydrogen-bond donors (Lipinski definition) is 1. The maximum Gasteiger partial charge on any atom is 0.209 e. The molecule has 0 aromatic carbocycles. The quantitative estimate of drug-likeness (QED) is 0.560. The molecule has 0 bridgehead atoms. The number of carbonyl (C=O) groups excluding carboxylic acids is 1. The molecule has 2 heterocycles. The van der Waals surface area contributed by atoms with E-state index in [4.69, 9.17) is 4.74 Å². The number of hydrogen-bond acceptors (Lipinski definition) is 5. The van der Waals surface area contributed by atoms with Crippen LogP contribution in [0.15, 0.2) is 12.4 Å². The highest BCUT2D eigenvalue weighted by Crippen LogP contribution is 2.27. The Morgan fingerprint density at radius 1 is 1.53 bits per heavy atom. The van der Waals surface area contributed by atoms with E-state index in [-0.39, 0.29) is 0 Å². The van der Waals surface area contributed by atoms with Crippen molar-refractivity contribution in [1.29, 1.82) is 0 Å². The summed E-state index contributed by atoms with van der Waals surface area (Å²) in [5.41, 5.74) is 0.932. The Bertz CT molecular complexity index is 379.